The average molecular weight is 294 g/mol. The molecule has 0 unspecified atom stereocenters. The quantitative estimate of drug-likeness (QED) is 0.770. The summed E-state index contributed by atoms with van der Waals surface area (Å²) < 4.78 is 22.3. The maximum atomic E-state index is 11.8. The Morgan fingerprint density at radius 3 is 2.35 bits per heavy atom. The van der Waals surface area contributed by atoms with Crippen LogP contribution in [0.4, 0.5) is 0 Å². The molecule has 0 aliphatic rings. The minimum Gasteiger partial charge on any atom is -0.507 e. The molecular formula is C13H14N2O4S. The number of aryl methyl sites for hydroxylation is 1. The number of benzene rings is 1. The Balaban J connectivity index is 2.34. The lowest BCUT2D eigenvalue weighted by Gasteiger charge is -2.06. The van der Waals surface area contributed by atoms with Gasteiger partial charge in [0.1, 0.15) is 5.75 Å². The van der Waals surface area contributed by atoms with E-state index >= 15 is 0 Å². The first kappa shape index (κ1) is 14.3. The van der Waals surface area contributed by atoms with Crippen molar-refractivity contribution in [2.75, 3.05) is 0 Å². The third kappa shape index (κ3) is 3.06. The number of aromatic hydroxyl groups is 1. The van der Waals surface area contributed by atoms with Gasteiger partial charge in [0.25, 0.3) is 5.56 Å². The second-order valence-corrected chi connectivity index (χ2v) is 6.07. The Bertz CT molecular complexity index is 792. The van der Waals surface area contributed by atoms with Crippen molar-refractivity contribution in [3.63, 3.8) is 0 Å². The SMILES string of the molecule is Cc1cc(O)c(Cc2ccc(S(N)(=O)=O)cc2)c(=O)[nH]1. The number of nitrogens with two attached hydrogens (primary N) is 1. The van der Waals surface area contributed by atoms with Gasteiger partial charge in [0.15, 0.2) is 0 Å². The summed E-state index contributed by atoms with van der Waals surface area (Å²) in [6.45, 7) is 1.67. The minimum absolute atomic E-state index is 0.00304. The van der Waals surface area contributed by atoms with Crippen molar-refractivity contribution in [3.05, 3.63) is 57.5 Å². The number of aromatic amines is 1. The van der Waals surface area contributed by atoms with Crippen molar-refractivity contribution in [1.29, 1.82) is 0 Å². The maximum Gasteiger partial charge on any atom is 0.255 e. The zero-order valence-corrected chi connectivity index (χ0v) is 11.6. The third-order valence-electron chi connectivity index (χ3n) is 2.88. The van der Waals surface area contributed by atoms with E-state index in [2.05, 4.69) is 4.98 Å². The standard InChI is InChI=1S/C13H14N2O4S/c1-8-6-12(16)11(13(17)15-8)7-9-2-4-10(5-3-9)20(14,18)19/h2-6H,7H2,1H3,(H2,14,18,19)(H2,15,16,17). The highest BCUT2D eigenvalue weighted by Gasteiger charge is 2.10. The largest absolute Gasteiger partial charge is 0.507 e. The Morgan fingerprint density at radius 2 is 1.85 bits per heavy atom. The number of hydrogen-bond donors (Lipinski definition) is 3. The molecule has 0 aliphatic carbocycles. The van der Waals surface area contributed by atoms with Crippen molar-refractivity contribution in [2.45, 2.75) is 18.2 Å². The van der Waals surface area contributed by atoms with Crippen molar-refractivity contribution >= 4 is 10.0 Å². The predicted octanol–water partition coefficient (Wildman–Crippen LogP) is 0.627. The van der Waals surface area contributed by atoms with Crippen LogP contribution in [0.5, 0.6) is 5.75 Å². The topological polar surface area (TPSA) is 113 Å². The van der Waals surface area contributed by atoms with E-state index in [9.17, 15) is 18.3 Å². The van der Waals surface area contributed by atoms with Crippen LogP contribution in [0, 0.1) is 6.92 Å². The van der Waals surface area contributed by atoms with Crippen LogP contribution in [0.1, 0.15) is 16.8 Å². The van der Waals surface area contributed by atoms with Crippen molar-refractivity contribution in [1.82, 2.24) is 4.98 Å². The zero-order chi connectivity index (χ0) is 14.9. The van der Waals surface area contributed by atoms with Gasteiger partial charge in [-0.3, -0.25) is 4.79 Å². The summed E-state index contributed by atoms with van der Waals surface area (Å²) in [5.74, 6) is -0.0817. The van der Waals surface area contributed by atoms with Crippen LogP contribution in [0.25, 0.3) is 0 Å². The van der Waals surface area contributed by atoms with E-state index in [1.165, 1.54) is 18.2 Å². The van der Waals surface area contributed by atoms with E-state index in [0.717, 1.165) is 0 Å². The normalized spacial score (nSPS) is 11.5. The molecule has 0 saturated carbocycles. The van der Waals surface area contributed by atoms with E-state index in [1.54, 1.807) is 19.1 Å². The molecule has 6 nitrogen and oxygen atoms in total. The van der Waals surface area contributed by atoms with E-state index in [1.807, 2.05) is 0 Å². The van der Waals surface area contributed by atoms with Crippen LogP contribution in [0.2, 0.25) is 0 Å². The van der Waals surface area contributed by atoms with Crippen LogP contribution in [-0.4, -0.2) is 18.5 Å². The molecule has 0 bridgehead atoms. The van der Waals surface area contributed by atoms with Crippen molar-refractivity contribution in [3.8, 4) is 5.75 Å². The maximum absolute atomic E-state index is 11.8. The fourth-order valence-corrected chi connectivity index (χ4v) is 2.39. The summed E-state index contributed by atoms with van der Waals surface area (Å²) in [6.07, 6.45) is 0.201. The van der Waals surface area contributed by atoms with Crippen LogP contribution in [-0.2, 0) is 16.4 Å². The number of primary sulfonamides is 1. The molecule has 0 atom stereocenters. The first-order valence-electron chi connectivity index (χ1n) is 5.81. The molecular weight excluding hydrogens is 280 g/mol. The first-order valence-corrected chi connectivity index (χ1v) is 7.35. The molecule has 1 aromatic heterocycles. The molecule has 1 aromatic carbocycles. The Hall–Kier alpha value is -2.12. The number of rotatable bonds is 3. The van der Waals surface area contributed by atoms with Gasteiger partial charge in [-0.15, -0.1) is 0 Å². The molecule has 0 fully saturated rings. The van der Waals surface area contributed by atoms with Crippen molar-refractivity contribution < 1.29 is 13.5 Å². The fourth-order valence-electron chi connectivity index (χ4n) is 1.87. The lowest BCUT2D eigenvalue weighted by Crippen LogP contribution is -2.14. The van der Waals surface area contributed by atoms with Gasteiger partial charge in [0, 0.05) is 12.1 Å². The summed E-state index contributed by atoms with van der Waals surface area (Å²) in [5, 5.41) is 14.8. The number of pyridine rings is 1. The van der Waals surface area contributed by atoms with Crippen LogP contribution in [0.3, 0.4) is 0 Å². The number of aromatic nitrogens is 1. The van der Waals surface area contributed by atoms with E-state index in [-0.39, 0.29) is 28.2 Å². The van der Waals surface area contributed by atoms with Crippen LogP contribution in [0.15, 0.2) is 40.0 Å². The second kappa shape index (κ2) is 5.10. The molecule has 106 valence electrons. The van der Waals surface area contributed by atoms with Gasteiger partial charge in [-0.25, -0.2) is 13.6 Å². The third-order valence-corrected chi connectivity index (χ3v) is 3.81. The van der Waals surface area contributed by atoms with Gasteiger partial charge in [-0.05, 0) is 30.7 Å². The van der Waals surface area contributed by atoms with E-state index < -0.39 is 10.0 Å². The second-order valence-electron chi connectivity index (χ2n) is 4.51. The summed E-state index contributed by atoms with van der Waals surface area (Å²) in [6, 6.07) is 7.31. The van der Waals surface area contributed by atoms with Gasteiger partial charge in [-0.2, -0.15) is 0 Å². The Morgan fingerprint density at radius 1 is 1.25 bits per heavy atom. The summed E-state index contributed by atoms with van der Waals surface area (Å²) >= 11 is 0. The van der Waals surface area contributed by atoms with E-state index in [4.69, 9.17) is 5.14 Å². The van der Waals surface area contributed by atoms with Gasteiger partial charge < -0.3 is 10.1 Å². The average Bonchev–Trinajstić information content (AvgIpc) is 2.33. The van der Waals surface area contributed by atoms with Gasteiger partial charge in [0.2, 0.25) is 10.0 Å². The molecule has 20 heavy (non-hydrogen) atoms. The lowest BCUT2D eigenvalue weighted by molar-refractivity contribution is 0.466. The predicted molar refractivity (Wildman–Crippen MR) is 74.1 cm³/mol. The number of nitrogens with one attached hydrogen (secondary N) is 1. The number of H-pyrrole nitrogens is 1. The zero-order valence-electron chi connectivity index (χ0n) is 10.8. The van der Waals surface area contributed by atoms with Gasteiger partial charge >= 0.3 is 0 Å². The molecule has 7 heteroatoms. The molecule has 0 radical (unpaired) electrons. The molecule has 0 amide bonds. The molecule has 2 rings (SSSR count). The highest BCUT2D eigenvalue weighted by molar-refractivity contribution is 7.89. The van der Waals surface area contributed by atoms with E-state index in [0.29, 0.717) is 11.3 Å². The Labute approximate surface area is 115 Å². The monoisotopic (exact) mass is 294 g/mol. The fraction of sp³-hybridized carbons (Fsp3) is 0.154. The highest BCUT2D eigenvalue weighted by Crippen LogP contribution is 2.18. The van der Waals surface area contributed by atoms with Crippen LogP contribution < -0.4 is 10.7 Å². The smallest absolute Gasteiger partial charge is 0.255 e. The van der Waals surface area contributed by atoms with Gasteiger partial charge in [-0.1, -0.05) is 12.1 Å². The minimum atomic E-state index is -3.73. The molecule has 0 aliphatic heterocycles. The first-order chi connectivity index (χ1) is 9.27. The lowest BCUT2D eigenvalue weighted by atomic mass is 10.1. The Kier molecular flexibility index (Phi) is 3.65. The van der Waals surface area contributed by atoms with Gasteiger partial charge in [0.05, 0.1) is 10.5 Å². The van der Waals surface area contributed by atoms with Crippen LogP contribution >= 0.6 is 0 Å². The summed E-state index contributed by atoms with van der Waals surface area (Å²) in [5.41, 5.74) is 1.14. The summed E-state index contributed by atoms with van der Waals surface area (Å²) in [4.78, 5) is 14.4. The molecule has 4 N–H and O–H groups in total. The molecule has 0 saturated heterocycles. The molecule has 1 heterocycles. The van der Waals surface area contributed by atoms with Crippen molar-refractivity contribution in [2.24, 2.45) is 5.14 Å². The number of hydrogen-bond acceptors (Lipinski definition) is 4. The summed E-state index contributed by atoms with van der Waals surface area (Å²) in [7, 11) is -3.73. The number of sulfonamides is 1. The molecule has 2 aromatic rings. The highest BCUT2D eigenvalue weighted by atomic mass is 32.2. The molecule has 0 spiro atoms.